The maximum atomic E-state index is 14.0. The summed E-state index contributed by atoms with van der Waals surface area (Å²) in [6.07, 6.45) is 3.79. The van der Waals surface area contributed by atoms with Crippen LogP contribution >= 0.6 is 0 Å². The van der Waals surface area contributed by atoms with Crippen molar-refractivity contribution in [3.8, 4) is 0 Å². The highest BCUT2D eigenvalue weighted by molar-refractivity contribution is 5.92. The quantitative estimate of drug-likeness (QED) is 0.799. The monoisotopic (exact) mass is 380 g/mol. The molecule has 0 aromatic carbocycles. The van der Waals surface area contributed by atoms with Gasteiger partial charge < -0.3 is 14.7 Å². The van der Waals surface area contributed by atoms with Gasteiger partial charge in [-0.15, -0.1) is 0 Å². The number of piperidine rings is 2. The van der Waals surface area contributed by atoms with Gasteiger partial charge in [-0.25, -0.2) is 13.8 Å². The van der Waals surface area contributed by atoms with Crippen LogP contribution in [0.5, 0.6) is 0 Å². The second-order valence-electron chi connectivity index (χ2n) is 7.93. The molecule has 2 saturated heterocycles. The maximum Gasteiger partial charge on any atom is 0.275 e. The van der Waals surface area contributed by atoms with Crippen LogP contribution in [0.4, 0.5) is 8.78 Å². The number of carbonyl (C=O) groups is 2. The van der Waals surface area contributed by atoms with Crippen molar-refractivity contribution in [2.75, 3.05) is 46.8 Å². The summed E-state index contributed by atoms with van der Waals surface area (Å²) < 4.78 is 27.1. The third-order valence-electron chi connectivity index (χ3n) is 5.52. The number of hydrogen-bond acceptors (Lipinski definition) is 4. The first kappa shape index (κ1) is 19.7. The van der Waals surface area contributed by atoms with Crippen molar-refractivity contribution >= 4 is 11.8 Å². The molecule has 2 aliphatic rings. The summed E-state index contributed by atoms with van der Waals surface area (Å²) >= 11 is 0. The molecule has 3 rings (SSSR count). The number of carbonyl (C=O) groups excluding carboxylic acids is 2. The lowest BCUT2D eigenvalue weighted by Crippen LogP contribution is -2.56. The Labute approximate surface area is 158 Å². The van der Waals surface area contributed by atoms with E-state index >= 15 is 0 Å². The van der Waals surface area contributed by atoms with Crippen molar-refractivity contribution in [3.05, 3.63) is 29.6 Å². The molecule has 0 radical (unpaired) electrons. The van der Waals surface area contributed by atoms with Gasteiger partial charge in [0.05, 0.1) is 6.20 Å². The normalized spacial score (nSPS) is 23.4. The SMILES string of the molecule is CN(C)CCN1C[C@]2(CCCN(C(=O)c3ncc(F)cc3F)C2)CCC1=O. The lowest BCUT2D eigenvalue weighted by molar-refractivity contribution is -0.139. The minimum atomic E-state index is -0.939. The molecular weight excluding hydrogens is 354 g/mol. The minimum absolute atomic E-state index is 0.150. The number of rotatable bonds is 4. The number of pyridine rings is 1. The Kier molecular flexibility index (Phi) is 5.74. The Hall–Kier alpha value is -2.09. The van der Waals surface area contributed by atoms with Gasteiger partial charge in [-0.1, -0.05) is 0 Å². The number of nitrogens with zero attached hydrogens (tertiary/aromatic N) is 4. The number of hydrogen-bond donors (Lipinski definition) is 0. The number of likely N-dealkylation sites (N-methyl/N-ethyl adjacent to an activating group) is 1. The second kappa shape index (κ2) is 7.88. The van der Waals surface area contributed by atoms with Gasteiger partial charge >= 0.3 is 0 Å². The zero-order valence-corrected chi connectivity index (χ0v) is 15.9. The van der Waals surface area contributed by atoms with Gasteiger partial charge in [0.15, 0.2) is 11.5 Å². The molecule has 1 aromatic rings. The van der Waals surface area contributed by atoms with E-state index in [4.69, 9.17) is 0 Å². The molecule has 1 aromatic heterocycles. The molecule has 0 unspecified atom stereocenters. The third-order valence-corrected chi connectivity index (χ3v) is 5.52. The number of halogens is 2. The lowest BCUT2D eigenvalue weighted by atomic mass is 9.73. The van der Waals surface area contributed by atoms with Crippen LogP contribution in [0.3, 0.4) is 0 Å². The smallest absolute Gasteiger partial charge is 0.275 e. The first-order chi connectivity index (χ1) is 12.8. The minimum Gasteiger partial charge on any atom is -0.341 e. The number of aromatic nitrogens is 1. The van der Waals surface area contributed by atoms with Crippen molar-refractivity contribution in [1.29, 1.82) is 0 Å². The summed E-state index contributed by atoms with van der Waals surface area (Å²) in [5.74, 6) is -2.10. The summed E-state index contributed by atoms with van der Waals surface area (Å²) in [6, 6.07) is 0.683. The van der Waals surface area contributed by atoms with Crippen LogP contribution in [0.2, 0.25) is 0 Å². The highest BCUT2D eigenvalue weighted by Gasteiger charge is 2.43. The zero-order valence-electron chi connectivity index (χ0n) is 15.9. The lowest BCUT2D eigenvalue weighted by Gasteiger charge is -2.48. The molecule has 0 saturated carbocycles. The van der Waals surface area contributed by atoms with E-state index in [9.17, 15) is 18.4 Å². The Morgan fingerprint density at radius 3 is 2.78 bits per heavy atom. The molecule has 2 aliphatic heterocycles. The molecule has 2 fully saturated rings. The van der Waals surface area contributed by atoms with Crippen molar-refractivity contribution in [2.45, 2.75) is 25.7 Å². The molecule has 6 nitrogen and oxygen atoms in total. The van der Waals surface area contributed by atoms with Crippen LogP contribution in [-0.2, 0) is 4.79 Å². The molecule has 3 heterocycles. The van der Waals surface area contributed by atoms with Crippen molar-refractivity contribution in [1.82, 2.24) is 19.7 Å². The Morgan fingerprint density at radius 1 is 1.30 bits per heavy atom. The van der Waals surface area contributed by atoms with Gasteiger partial charge in [-0.2, -0.15) is 0 Å². The number of likely N-dealkylation sites (tertiary alicyclic amines) is 2. The number of amides is 2. The van der Waals surface area contributed by atoms with E-state index in [0.717, 1.165) is 32.0 Å². The Balaban J connectivity index is 1.72. The van der Waals surface area contributed by atoms with E-state index in [-0.39, 0.29) is 17.0 Å². The fourth-order valence-corrected chi connectivity index (χ4v) is 4.06. The standard InChI is InChI=1S/C19H26F2N4O2/c1-23(2)8-9-24-12-19(6-4-16(24)26)5-3-7-25(13-19)18(27)17-15(21)10-14(20)11-22-17/h10-11H,3-9,12-13H2,1-2H3/t19-/m0/s1. The average Bonchev–Trinajstić information content (AvgIpc) is 2.62. The average molecular weight is 380 g/mol. The summed E-state index contributed by atoms with van der Waals surface area (Å²) in [7, 11) is 3.94. The van der Waals surface area contributed by atoms with Crippen molar-refractivity contribution < 1.29 is 18.4 Å². The molecule has 8 heteroatoms. The van der Waals surface area contributed by atoms with Crippen LogP contribution in [0.1, 0.15) is 36.2 Å². The summed E-state index contributed by atoms with van der Waals surface area (Å²) in [6.45, 7) is 3.05. The highest BCUT2D eigenvalue weighted by atomic mass is 19.1. The van der Waals surface area contributed by atoms with Crippen LogP contribution < -0.4 is 0 Å². The van der Waals surface area contributed by atoms with E-state index in [0.29, 0.717) is 38.7 Å². The molecule has 148 valence electrons. The molecule has 1 spiro atoms. The second-order valence-corrected chi connectivity index (χ2v) is 7.93. The van der Waals surface area contributed by atoms with E-state index in [1.807, 2.05) is 23.9 Å². The van der Waals surface area contributed by atoms with Gasteiger partial charge in [-0.05, 0) is 33.4 Å². The van der Waals surface area contributed by atoms with Crippen LogP contribution in [0, 0.1) is 17.0 Å². The molecule has 2 amide bonds. The van der Waals surface area contributed by atoms with Crippen LogP contribution in [0.15, 0.2) is 12.3 Å². The van der Waals surface area contributed by atoms with E-state index < -0.39 is 17.5 Å². The highest BCUT2D eigenvalue weighted by Crippen LogP contribution is 2.39. The van der Waals surface area contributed by atoms with E-state index in [1.54, 1.807) is 4.90 Å². The Bertz CT molecular complexity index is 728. The first-order valence-electron chi connectivity index (χ1n) is 9.32. The zero-order chi connectivity index (χ0) is 19.6. The predicted molar refractivity (Wildman–Crippen MR) is 96.1 cm³/mol. The third kappa shape index (κ3) is 4.43. The maximum absolute atomic E-state index is 14.0. The first-order valence-corrected chi connectivity index (χ1v) is 9.32. The van der Waals surface area contributed by atoms with Gasteiger partial charge in [-0.3, -0.25) is 9.59 Å². The summed E-state index contributed by atoms with van der Waals surface area (Å²) in [5.41, 5.74) is -0.505. The predicted octanol–water partition coefficient (Wildman–Crippen LogP) is 1.77. The molecular formula is C19H26F2N4O2. The molecule has 0 N–H and O–H groups in total. The van der Waals surface area contributed by atoms with Gasteiger partial charge in [0.25, 0.3) is 5.91 Å². The fraction of sp³-hybridized carbons (Fsp3) is 0.632. The van der Waals surface area contributed by atoms with E-state index in [2.05, 4.69) is 4.98 Å². The fourth-order valence-electron chi connectivity index (χ4n) is 4.06. The van der Waals surface area contributed by atoms with Crippen LogP contribution in [-0.4, -0.2) is 78.3 Å². The van der Waals surface area contributed by atoms with Gasteiger partial charge in [0.1, 0.15) is 5.82 Å². The van der Waals surface area contributed by atoms with Crippen LogP contribution in [0.25, 0.3) is 0 Å². The van der Waals surface area contributed by atoms with Gasteiger partial charge in [0, 0.05) is 50.6 Å². The largest absolute Gasteiger partial charge is 0.341 e. The molecule has 0 bridgehead atoms. The molecule has 0 aliphatic carbocycles. The van der Waals surface area contributed by atoms with Crippen molar-refractivity contribution in [2.24, 2.45) is 5.41 Å². The van der Waals surface area contributed by atoms with Crippen molar-refractivity contribution in [3.63, 3.8) is 0 Å². The molecule has 27 heavy (non-hydrogen) atoms. The topological polar surface area (TPSA) is 56.8 Å². The molecule has 1 atom stereocenters. The van der Waals surface area contributed by atoms with Gasteiger partial charge in [0.2, 0.25) is 5.91 Å². The Morgan fingerprint density at radius 2 is 2.07 bits per heavy atom. The summed E-state index contributed by atoms with van der Waals surface area (Å²) in [4.78, 5) is 34.2. The van der Waals surface area contributed by atoms with E-state index in [1.165, 1.54) is 0 Å². The summed E-state index contributed by atoms with van der Waals surface area (Å²) in [5, 5.41) is 0.